The number of carbonyl (C=O) groups is 1. The van der Waals surface area contributed by atoms with E-state index in [1.165, 1.54) is 35.9 Å². The number of hydrogen-bond donors (Lipinski definition) is 0. The van der Waals surface area contributed by atoms with E-state index in [-0.39, 0.29) is 5.91 Å². The maximum Gasteiger partial charge on any atom is 0.246 e. The summed E-state index contributed by atoms with van der Waals surface area (Å²) in [5.74, 6) is 1.23. The van der Waals surface area contributed by atoms with Gasteiger partial charge < -0.3 is 9.80 Å². The lowest BCUT2D eigenvalue weighted by atomic mass is 9.79. The molecule has 0 radical (unpaired) electrons. The second-order valence-electron chi connectivity index (χ2n) is 5.99. The standard InChI is InChI=1S/C16H22N2OS/c1-3-16(19)18-10-14(12-5-4-7-17(2)9-12)13-6-8-20-15(13)11-18/h3,6,8,12,14H,1,4-5,7,9-11H2,2H3/t12-,14+/m1/s1. The summed E-state index contributed by atoms with van der Waals surface area (Å²) >= 11 is 1.78. The van der Waals surface area contributed by atoms with E-state index in [9.17, 15) is 4.79 Å². The molecule has 0 bridgehead atoms. The van der Waals surface area contributed by atoms with Gasteiger partial charge in [-0.3, -0.25) is 4.79 Å². The molecule has 1 saturated heterocycles. The Morgan fingerprint density at radius 1 is 1.50 bits per heavy atom. The monoisotopic (exact) mass is 290 g/mol. The average molecular weight is 290 g/mol. The fourth-order valence-electron chi connectivity index (χ4n) is 3.62. The number of fused-ring (bicyclic) bond motifs is 1. The minimum absolute atomic E-state index is 0.0678. The Hall–Kier alpha value is -1.13. The normalized spacial score (nSPS) is 27.1. The van der Waals surface area contributed by atoms with Crippen LogP contribution in [-0.4, -0.2) is 42.4 Å². The molecule has 1 aromatic rings. The molecule has 2 aliphatic heterocycles. The molecule has 0 aliphatic carbocycles. The van der Waals surface area contributed by atoms with Gasteiger partial charge >= 0.3 is 0 Å². The lowest BCUT2D eigenvalue weighted by Crippen LogP contribution is -2.43. The molecular formula is C16H22N2OS. The largest absolute Gasteiger partial charge is 0.333 e. The molecule has 3 heterocycles. The third kappa shape index (κ3) is 2.54. The molecule has 1 amide bonds. The zero-order chi connectivity index (χ0) is 14.1. The molecule has 0 N–H and O–H groups in total. The number of likely N-dealkylation sites (tertiary alicyclic amines) is 1. The van der Waals surface area contributed by atoms with E-state index < -0.39 is 0 Å². The van der Waals surface area contributed by atoms with Gasteiger partial charge in [0.25, 0.3) is 0 Å². The molecular weight excluding hydrogens is 268 g/mol. The highest BCUT2D eigenvalue weighted by Gasteiger charge is 2.34. The number of amides is 1. The van der Waals surface area contributed by atoms with Gasteiger partial charge in [-0.15, -0.1) is 11.3 Å². The van der Waals surface area contributed by atoms with Gasteiger partial charge in [0.1, 0.15) is 0 Å². The van der Waals surface area contributed by atoms with Crippen LogP contribution in [0.25, 0.3) is 0 Å². The summed E-state index contributed by atoms with van der Waals surface area (Å²) in [7, 11) is 2.20. The second kappa shape index (κ2) is 5.70. The Kier molecular flexibility index (Phi) is 3.94. The van der Waals surface area contributed by atoms with Crippen LogP contribution in [0.5, 0.6) is 0 Å². The molecule has 1 fully saturated rings. The zero-order valence-electron chi connectivity index (χ0n) is 12.0. The predicted molar refractivity (Wildman–Crippen MR) is 82.9 cm³/mol. The van der Waals surface area contributed by atoms with Crippen LogP contribution in [0.1, 0.15) is 29.2 Å². The van der Waals surface area contributed by atoms with E-state index in [1.807, 2.05) is 4.90 Å². The van der Waals surface area contributed by atoms with Gasteiger partial charge in [-0.05, 0) is 55.4 Å². The minimum atomic E-state index is 0.0678. The Bertz CT molecular complexity index is 510. The highest BCUT2D eigenvalue weighted by atomic mass is 32.1. The fourth-order valence-corrected chi connectivity index (χ4v) is 4.58. The van der Waals surface area contributed by atoms with Crippen molar-refractivity contribution in [3.63, 3.8) is 0 Å². The second-order valence-corrected chi connectivity index (χ2v) is 6.99. The van der Waals surface area contributed by atoms with Crippen LogP contribution in [0.3, 0.4) is 0 Å². The summed E-state index contributed by atoms with van der Waals surface area (Å²) < 4.78 is 0. The first-order valence-electron chi connectivity index (χ1n) is 7.35. The maximum absolute atomic E-state index is 12.0. The van der Waals surface area contributed by atoms with E-state index in [0.717, 1.165) is 19.6 Å². The number of carbonyl (C=O) groups excluding carboxylic acids is 1. The van der Waals surface area contributed by atoms with Gasteiger partial charge in [0.2, 0.25) is 5.91 Å². The molecule has 0 spiro atoms. The maximum atomic E-state index is 12.0. The molecule has 108 valence electrons. The van der Waals surface area contributed by atoms with Gasteiger partial charge in [0, 0.05) is 23.9 Å². The number of thiophene rings is 1. The minimum Gasteiger partial charge on any atom is -0.333 e. The highest BCUT2D eigenvalue weighted by molar-refractivity contribution is 7.10. The topological polar surface area (TPSA) is 23.6 Å². The van der Waals surface area contributed by atoms with Crippen molar-refractivity contribution in [2.45, 2.75) is 25.3 Å². The van der Waals surface area contributed by atoms with Crippen molar-refractivity contribution in [2.75, 3.05) is 26.7 Å². The van der Waals surface area contributed by atoms with E-state index in [0.29, 0.717) is 11.8 Å². The first-order valence-corrected chi connectivity index (χ1v) is 8.23. The molecule has 2 aliphatic rings. The number of nitrogens with zero attached hydrogens (tertiary/aromatic N) is 2. The molecule has 0 unspecified atom stereocenters. The van der Waals surface area contributed by atoms with Crippen LogP contribution in [0.15, 0.2) is 24.1 Å². The Morgan fingerprint density at radius 3 is 3.10 bits per heavy atom. The van der Waals surface area contributed by atoms with Crippen molar-refractivity contribution in [3.8, 4) is 0 Å². The number of hydrogen-bond acceptors (Lipinski definition) is 3. The average Bonchev–Trinajstić information content (AvgIpc) is 2.93. The molecule has 1 aromatic heterocycles. The van der Waals surface area contributed by atoms with Crippen LogP contribution >= 0.6 is 11.3 Å². The van der Waals surface area contributed by atoms with Crippen LogP contribution in [0.4, 0.5) is 0 Å². The van der Waals surface area contributed by atoms with Gasteiger partial charge in [-0.1, -0.05) is 6.58 Å². The number of rotatable bonds is 2. The molecule has 0 saturated carbocycles. The molecule has 3 nitrogen and oxygen atoms in total. The summed E-state index contributed by atoms with van der Waals surface area (Å²) in [6, 6.07) is 2.27. The number of piperidine rings is 1. The fraction of sp³-hybridized carbons (Fsp3) is 0.562. The van der Waals surface area contributed by atoms with Gasteiger partial charge in [-0.2, -0.15) is 0 Å². The van der Waals surface area contributed by atoms with E-state index >= 15 is 0 Å². The van der Waals surface area contributed by atoms with Crippen LogP contribution in [0.2, 0.25) is 0 Å². The van der Waals surface area contributed by atoms with Crippen molar-refractivity contribution in [2.24, 2.45) is 5.92 Å². The third-order valence-electron chi connectivity index (χ3n) is 4.65. The van der Waals surface area contributed by atoms with Gasteiger partial charge in [0.05, 0.1) is 6.54 Å². The van der Waals surface area contributed by atoms with E-state index in [2.05, 4.69) is 30.0 Å². The van der Waals surface area contributed by atoms with Crippen molar-refractivity contribution < 1.29 is 4.79 Å². The third-order valence-corrected chi connectivity index (χ3v) is 5.57. The molecule has 2 atom stereocenters. The van der Waals surface area contributed by atoms with Gasteiger partial charge in [-0.25, -0.2) is 0 Å². The molecule has 4 heteroatoms. The quantitative estimate of drug-likeness (QED) is 0.782. The van der Waals surface area contributed by atoms with Crippen LogP contribution in [-0.2, 0) is 11.3 Å². The van der Waals surface area contributed by atoms with Crippen LogP contribution < -0.4 is 0 Å². The molecule has 20 heavy (non-hydrogen) atoms. The zero-order valence-corrected chi connectivity index (χ0v) is 12.9. The summed E-state index contributed by atoms with van der Waals surface area (Å²) in [4.78, 5) is 17.7. The first-order chi connectivity index (χ1) is 9.69. The molecule has 3 rings (SSSR count). The summed E-state index contributed by atoms with van der Waals surface area (Å²) in [6.07, 6.45) is 4.00. The SMILES string of the molecule is C=CC(=O)N1Cc2sccc2[C@H]([C@@H]2CCCN(C)C2)C1. The van der Waals surface area contributed by atoms with Crippen molar-refractivity contribution in [3.05, 3.63) is 34.5 Å². The Morgan fingerprint density at radius 2 is 2.35 bits per heavy atom. The Labute approximate surface area is 124 Å². The smallest absolute Gasteiger partial charge is 0.246 e. The van der Waals surface area contributed by atoms with Crippen molar-refractivity contribution >= 4 is 17.2 Å². The molecule has 0 aromatic carbocycles. The lowest BCUT2D eigenvalue weighted by Gasteiger charge is -2.40. The summed E-state index contributed by atoms with van der Waals surface area (Å²) in [5.41, 5.74) is 1.49. The van der Waals surface area contributed by atoms with E-state index in [4.69, 9.17) is 0 Å². The van der Waals surface area contributed by atoms with Crippen LogP contribution in [0, 0.1) is 5.92 Å². The lowest BCUT2D eigenvalue weighted by molar-refractivity contribution is -0.127. The van der Waals surface area contributed by atoms with E-state index in [1.54, 1.807) is 11.3 Å². The Balaban J connectivity index is 1.85. The van der Waals surface area contributed by atoms with Gasteiger partial charge in [0.15, 0.2) is 0 Å². The van der Waals surface area contributed by atoms with Crippen molar-refractivity contribution in [1.82, 2.24) is 9.80 Å². The highest BCUT2D eigenvalue weighted by Crippen LogP contribution is 2.39. The summed E-state index contributed by atoms with van der Waals surface area (Å²) in [6.45, 7) is 7.60. The predicted octanol–water partition coefficient (Wildman–Crippen LogP) is 2.70. The first kappa shape index (κ1) is 13.8. The van der Waals surface area contributed by atoms with Crippen molar-refractivity contribution in [1.29, 1.82) is 0 Å². The summed E-state index contributed by atoms with van der Waals surface area (Å²) in [5, 5.41) is 2.17.